The van der Waals surface area contributed by atoms with Crippen molar-refractivity contribution in [1.82, 2.24) is 0 Å². The molecule has 0 aliphatic rings. The van der Waals surface area contributed by atoms with E-state index in [4.69, 9.17) is 5.26 Å². The lowest BCUT2D eigenvalue weighted by Gasteiger charge is -2.07. The molecular formula is C11H8BrF2NO. The zero-order valence-corrected chi connectivity index (χ0v) is 9.96. The van der Waals surface area contributed by atoms with Crippen LogP contribution in [-0.4, -0.2) is 10.6 Å². The van der Waals surface area contributed by atoms with Crippen molar-refractivity contribution in [2.45, 2.75) is 18.2 Å². The minimum Gasteiger partial charge on any atom is -0.293 e. The van der Waals surface area contributed by atoms with Gasteiger partial charge < -0.3 is 0 Å². The van der Waals surface area contributed by atoms with Gasteiger partial charge in [0.05, 0.1) is 16.5 Å². The summed E-state index contributed by atoms with van der Waals surface area (Å²) in [7, 11) is 0. The molecule has 0 amide bonds. The van der Waals surface area contributed by atoms with Crippen LogP contribution in [0.4, 0.5) is 8.78 Å². The molecule has 16 heavy (non-hydrogen) atoms. The maximum Gasteiger partial charge on any atom is 0.263 e. The van der Waals surface area contributed by atoms with Crippen LogP contribution < -0.4 is 0 Å². The smallest absolute Gasteiger partial charge is 0.263 e. The molecule has 84 valence electrons. The summed E-state index contributed by atoms with van der Waals surface area (Å²) in [5.74, 6) is -0.376. The van der Waals surface area contributed by atoms with Gasteiger partial charge in [-0.15, -0.1) is 0 Å². The first-order chi connectivity index (χ1) is 7.47. The number of alkyl halides is 3. The van der Waals surface area contributed by atoms with Crippen LogP contribution in [0.3, 0.4) is 0 Å². The van der Waals surface area contributed by atoms with Crippen LogP contribution in [0.1, 0.15) is 34.8 Å². The lowest BCUT2D eigenvalue weighted by atomic mass is 10.00. The number of halogens is 3. The Balaban J connectivity index is 3.29. The standard InChI is InChI=1S/C11H8BrF2NO/c1-6(12)10(16)9-4-7(11(13)14)2-3-8(9)5-15/h2-4,6,11H,1H3. The van der Waals surface area contributed by atoms with Crippen LogP contribution in [0.2, 0.25) is 0 Å². The first kappa shape index (κ1) is 12.8. The van der Waals surface area contributed by atoms with Crippen molar-refractivity contribution in [3.05, 3.63) is 34.9 Å². The van der Waals surface area contributed by atoms with E-state index in [9.17, 15) is 13.6 Å². The molecule has 1 rings (SSSR count). The van der Waals surface area contributed by atoms with Crippen molar-refractivity contribution >= 4 is 21.7 Å². The van der Waals surface area contributed by atoms with Gasteiger partial charge in [0.15, 0.2) is 5.78 Å². The van der Waals surface area contributed by atoms with E-state index in [1.807, 2.05) is 6.07 Å². The van der Waals surface area contributed by atoms with Gasteiger partial charge in [0.2, 0.25) is 0 Å². The zero-order valence-electron chi connectivity index (χ0n) is 8.38. The summed E-state index contributed by atoms with van der Waals surface area (Å²) in [6.45, 7) is 1.58. The van der Waals surface area contributed by atoms with Gasteiger partial charge in [0.25, 0.3) is 6.43 Å². The van der Waals surface area contributed by atoms with Crippen molar-refractivity contribution in [1.29, 1.82) is 5.26 Å². The molecule has 1 aromatic rings. The summed E-state index contributed by atoms with van der Waals surface area (Å²) in [6.07, 6.45) is -2.65. The van der Waals surface area contributed by atoms with Crippen molar-refractivity contribution < 1.29 is 13.6 Å². The van der Waals surface area contributed by atoms with E-state index in [2.05, 4.69) is 15.9 Å². The first-order valence-corrected chi connectivity index (χ1v) is 5.39. The van der Waals surface area contributed by atoms with E-state index in [0.29, 0.717) is 0 Å². The van der Waals surface area contributed by atoms with Crippen LogP contribution in [-0.2, 0) is 0 Å². The highest BCUT2D eigenvalue weighted by molar-refractivity contribution is 9.10. The van der Waals surface area contributed by atoms with Crippen LogP contribution in [0.25, 0.3) is 0 Å². The number of nitrogens with zero attached hydrogens (tertiary/aromatic N) is 1. The number of hydrogen-bond donors (Lipinski definition) is 0. The number of nitriles is 1. The van der Waals surface area contributed by atoms with E-state index in [1.54, 1.807) is 6.92 Å². The summed E-state index contributed by atoms with van der Waals surface area (Å²) in [5, 5.41) is 8.77. The molecule has 0 aliphatic heterocycles. The van der Waals surface area contributed by atoms with E-state index >= 15 is 0 Å². The molecular weight excluding hydrogens is 280 g/mol. The SMILES string of the molecule is CC(Br)C(=O)c1cc(C(F)F)ccc1C#N. The molecule has 0 heterocycles. The van der Waals surface area contributed by atoms with Gasteiger partial charge in [-0.1, -0.05) is 22.0 Å². The highest BCUT2D eigenvalue weighted by Gasteiger charge is 2.18. The van der Waals surface area contributed by atoms with Gasteiger partial charge in [-0.05, 0) is 19.1 Å². The monoisotopic (exact) mass is 287 g/mol. The quantitative estimate of drug-likeness (QED) is 0.631. The van der Waals surface area contributed by atoms with Gasteiger partial charge in [0.1, 0.15) is 0 Å². The second-order valence-electron chi connectivity index (χ2n) is 3.20. The second-order valence-corrected chi connectivity index (χ2v) is 4.57. The fourth-order valence-electron chi connectivity index (χ4n) is 1.21. The largest absolute Gasteiger partial charge is 0.293 e. The molecule has 0 saturated carbocycles. The third-order valence-electron chi connectivity index (χ3n) is 2.04. The van der Waals surface area contributed by atoms with Gasteiger partial charge in [-0.25, -0.2) is 8.78 Å². The number of rotatable bonds is 3. The summed E-state index contributed by atoms with van der Waals surface area (Å²) in [6, 6.07) is 5.28. The second kappa shape index (κ2) is 5.17. The number of ketones is 1. The van der Waals surface area contributed by atoms with Gasteiger partial charge in [-0.3, -0.25) is 4.79 Å². The lowest BCUT2D eigenvalue weighted by molar-refractivity contribution is 0.0995. The maximum absolute atomic E-state index is 12.4. The Hall–Kier alpha value is -1.28. The zero-order chi connectivity index (χ0) is 12.3. The molecule has 0 spiro atoms. The minimum atomic E-state index is -2.65. The molecule has 0 radical (unpaired) electrons. The highest BCUT2D eigenvalue weighted by atomic mass is 79.9. The lowest BCUT2D eigenvalue weighted by Crippen LogP contribution is -2.12. The molecule has 0 saturated heterocycles. The molecule has 0 bridgehead atoms. The molecule has 2 nitrogen and oxygen atoms in total. The third kappa shape index (κ3) is 2.64. The Morgan fingerprint density at radius 2 is 2.12 bits per heavy atom. The molecule has 0 aliphatic carbocycles. The molecule has 5 heteroatoms. The topological polar surface area (TPSA) is 40.9 Å². The van der Waals surface area contributed by atoms with Crippen molar-refractivity contribution in [3.63, 3.8) is 0 Å². The molecule has 0 N–H and O–H groups in total. The van der Waals surface area contributed by atoms with Gasteiger partial charge in [0, 0.05) is 11.1 Å². The van der Waals surface area contributed by atoms with Crippen molar-refractivity contribution in [2.75, 3.05) is 0 Å². The number of carbonyl (C=O) groups excluding carboxylic acids is 1. The van der Waals surface area contributed by atoms with Crippen molar-refractivity contribution in [3.8, 4) is 6.07 Å². The summed E-state index contributed by atoms with van der Waals surface area (Å²) >= 11 is 3.05. The minimum absolute atomic E-state index is 0.0321. The van der Waals surface area contributed by atoms with E-state index in [1.165, 1.54) is 6.07 Å². The molecule has 0 fully saturated rings. The average Bonchev–Trinajstić information content (AvgIpc) is 2.26. The van der Waals surface area contributed by atoms with E-state index in [-0.39, 0.29) is 22.5 Å². The van der Waals surface area contributed by atoms with Crippen molar-refractivity contribution in [2.24, 2.45) is 0 Å². The van der Waals surface area contributed by atoms with E-state index in [0.717, 1.165) is 12.1 Å². The number of Topliss-reactive ketones (excluding diaryl/α,β-unsaturated/α-hetero) is 1. The fourth-order valence-corrected chi connectivity index (χ4v) is 1.46. The molecule has 1 atom stereocenters. The molecule has 0 aromatic heterocycles. The Labute approximate surface area is 100 Å². The summed E-state index contributed by atoms with van der Waals surface area (Å²) < 4.78 is 24.9. The van der Waals surface area contributed by atoms with Crippen LogP contribution in [0, 0.1) is 11.3 Å². The van der Waals surface area contributed by atoms with E-state index < -0.39 is 11.3 Å². The Morgan fingerprint density at radius 3 is 2.56 bits per heavy atom. The Bertz CT molecular complexity index is 452. The highest BCUT2D eigenvalue weighted by Crippen LogP contribution is 2.23. The van der Waals surface area contributed by atoms with Gasteiger partial charge >= 0.3 is 0 Å². The normalized spacial score (nSPS) is 12.2. The predicted octanol–water partition coefficient (Wildman–Crippen LogP) is 3.46. The fraction of sp³-hybridized carbons (Fsp3) is 0.273. The number of carbonyl (C=O) groups is 1. The van der Waals surface area contributed by atoms with Crippen LogP contribution in [0.5, 0.6) is 0 Å². The Morgan fingerprint density at radius 1 is 1.50 bits per heavy atom. The summed E-state index contributed by atoms with van der Waals surface area (Å²) in [4.78, 5) is 11.1. The average molecular weight is 288 g/mol. The number of hydrogen-bond acceptors (Lipinski definition) is 2. The van der Waals surface area contributed by atoms with Crippen LogP contribution >= 0.6 is 15.9 Å². The Kier molecular flexibility index (Phi) is 4.13. The molecule has 1 unspecified atom stereocenters. The van der Waals surface area contributed by atoms with Crippen LogP contribution in [0.15, 0.2) is 18.2 Å². The maximum atomic E-state index is 12.4. The van der Waals surface area contributed by atoms with Gasteiger partial charge in [-0.2, -0.15) is 5.26 Å². The molecule has 1 aromatic carbocycles. The first-order valence-electron chi connectivity index (χ1n) is 4.48. The predicted molar refractivity (Wildman–Crippen MR) is 58.8 cm³/mol. The summed E-state index contributed by atoms with van der Waals surface area (Å²) in [5.41, 5.74) is -0.110. The number of benzene rings is 1. The third-order valence-corrected chi connectivity index (χ3v) is 2.46.